The highest BCUT2D eigenvalue weighted by molar-refractivity contribution is 5.91. The summed E-state index contributed by atoms with van der Waals surface area (Å²) in [6.07, 6.45) is 1.00. The van der Waals surface area contributed by atoms with Crippen LogP contribution in [0.2, 0.25) is 0 Å². The number of anilines is 1. The van der Waals surface area contributed by atoms with Crippen LogP contribution in [0.15, 0.2) is 18.2 Å². The Bertz CT molecular complexity index is 541. The number of nitrogens with one attached hydrogen (secondary N) is 1. The van der Waals surface area contributed by atoms with E-state index >= 15 is 0 Å². The maximum Gasteiger partial charge on any atom is 0.224 e. The molecular formula is C14H15N3O2. The first-order valence-electron chi connectivity index (χ1n) is 5.87. The van der Waals surface area contributed by atoms with Gasteiger partial charge in [0.25, 0.3) is 0 Å². The molecule has 1 aromatic rings. The van der Waals surface area contributed by atoms with Gasteiger partial charge in [-0.25, -0.2) is 0 Å². The van der Waals surface area contributed by atoms with Crippen LogP contribution in [0.1, 0.15) is 30.9 Å². The summed E-state index contributed by atoms with van der Waals surface area (Å²) in [6, 6.07) is 8.47. The van der Waals surface area contributed by atoms with E-state index in [1.165, 1.54) is 12.1 Å². The first kappa shape index (κ1) is 14.7. The fourth-order valence-electron chi connectivity index (χ4n) is 1.49. The van der Waals surface area contributed by atoms with Crippen LogP contribution in [-0.4, -0.2) is 19.1 Å². The molecule has 1 rings (SSSR count). The van der Waals surface area contributed by atoms with Gasteiger partial charge in [-0.3, -0.25) is 4.79 Å². The molecule has 0 aromatic heterocycles. The van der Waals surface area contributed by atoms with Gasteiger partial charge >= 0.3 is 0 Å². The SMILES string of the molecule is COC(C)CCC(=O)Nc1ccc(C#N)c(C#N)c1. The Labute approximate surface area is 112 Å². The van der Waals surface area contributed by atoms with E-state index in [0.29, 0.717) is 24.1 Å². The smallest absolute Gasteiger partial charge is 0.224 e. The lowest BCUT2D eigenvalue weighted by Gasteiger charge is -2.09. The van der Waals surface area contributed by atoms with E-state index in [0.717, 1.165) is 0 Å². The summed E-state index contributed by atoms with van der Waals surface area (Å²) >= 11 is 0. The lowest BCUT2D eigenvalue weighted by molar-refractivity contribution is -0.116. The molecule has 1 aromatic carbocycles. The molecule has 1 unspecified atom stereocenters. The molecule has 5 heteroatoms. The second kappa shape index (κ2) is 7.15. The Morgan fingerprint density at radius 3 is 2.63 bits per heavy atom. The number of amides is 1. The van der Waals surface area contributed by atoms with Crippen molar-refractivity contribution in [2.75, 3.05) is 12.4 Å². The summed E-state index contributed by atoms with van der Waals surface area (Å²) in [7, 11) is 1.60. The van der Waals surface area contributed by atoms with Crippen molar-refractivity contribution >= 4 is 11.6 Å². The highest BCUT2D eigenvalue weighted by atomic mass is 16.5. The lowest BCUT2D eigenvalue weighted by Crippen LogP contribution is -2.15. The quantitative estimate of drug-likeness (QED) is 0.875. The maximum atomic E-state index is 11.7. The molecule has 0 aliphatic carbocycles. The van der Waals surface area contributed by atoms with E-state index < -0.39 is 0 Å². The van der Waals surface area contributed by atoms with Crippen molar-refractivity contribution in [3.8, 4) is 12.1 Å². The third-order valence-electron chi connectivity index (χ3n) is 2.72. The summed E-state index contributed by atoms with van der Waals surface area (Å²) < 4.78 is 5.06. The number of ether oxygens (including phenoxy) is 1. The molecule has 5 nitrogen and oxygen atoms in total. The zero-order valence-corrected chi connectivity index (χ0v) is 10.9. The van der Waals surface area contributed by atoms with Gasteiger partial charge in [0.1, 0.15) is 12.1 Å². The average Bonchev–Trinajstić information content (AvgIpc) is 2.44. The van der Waals surface area contributed by atoms with Crippen LogP contribution in [-0.2, 0) is 9.53 Å². The fraction of sp³-hybridized carbons (Fsp3) is 0.357. The number of hydrogen-bond donors (Lipinski definition) is 1. The summed E-state index contributed by atoms with van der Waals surface area (Å²) in [5.41, 5.74) is 1.07. The van der Waals surface area contributed by atoms with E-state index in [2.05, 4.69) is 5.32 Å². The second-order valence-electron chi connectivity index (χ2n) is 4.12. The predicted molar refractivity (Wildman–Crippen MR) is 70.2 cm³/mol. The van der Waals surface area contributed by atoms with Crippen molar-refractivity contribution in [3.63, 3.8) is 0 Å². The van der Waals surface area contributed by atoms with Crippen molar-refractivity contribution in [1.82, 2.24) is 0 Å². The normalized spacial score (nSPS) is 11.2. The molecule has 0 spiro atoms. The third kappa shape index (κ3) is 4.42. The van der Waals surface area contributed by atoms with Gasteiger partial charge in [0.15, 0.2) is 0 Å². The monoisotopic (exact) mass is 257 g/mol. The largest absolute Gasteiger partial charge is 0.382 e. The third-order valence-corrected chi connectivity index (χ3v) is 2.72. The van der Waals surface area contributed by atoms with Gasteiger partial charge in [0, 0.05) is 19.2 Å². The highest BCUT2D eigenvalue weighted by Gasteiger charge is 2.08. The van der Waals surface area contributed by atoms with E-state index in [-0.39, 0.29) is 17.6 Å². The van der Waals surface area contributed by atoms with Crippen molar-refractivity contribution in [3.05, 3.63) is 29.3 Å². The minimum Gasteiger partial charge on any atom is -0.382 e. The van der Waals surface area contributed by atoms with Crippen molar-refractivity contribution in [2.45, 2.75) is 25.9 Å². The van der Waals surface area contributed by atoms with Crippen molar-refractivity contribution < 1.29 is 9.53 Å². The second-order valence-corrected chi connectivity index (χ2v) is 4.12. The van der Waals surface area contributed by atoms with E-state index in [1.54, 1.807) is 13.2 Å². The minimum absolute atomic E-state index is 0.0291. The Kier molecular flexibility index (Phi) is 5.53. The van der Waals surface area contributed by atoms with E-state index in [9.17, 15) is 4.79 Å². The van der Waals surface area contributed by atoms with Crippen molar-refractivity contribution in [2.24, 2.45) is 0 Å². The summed E-state index contributed by atoms with van der Waals surface area (Å²) in [5.74, 6) is -0.141. The fourth-order valence-corrected chi connectivity index (χ4v) is 1.49. The van der Waals surface area contributed by atoms with Crippen LogP contribution in [0.4, 0.5) is 5.69 Å². The molecule has 0 aliphatic heterocycles. The van der Waals surface area contributed by atoms with Gasteiger partial charge in [-0.15, -0.1) is 0 Å². The molecule has 0 aliphatic rings. The molecule has 0 radical (unpaired) electrons. The van der Waals surface area contributed by atoms with Crippen LogP contribution in [0.3, 0.4) is 0 Å². The summed E-state index contributed by atoms with van der Waals surface area (Å²) in [5, 5.41) is 20.4. The Hall–Kier alpha value is -2.37. The zero-order chi connectivity index (χ0) is 14.3. The van der Waals surface area contributed by atoms with Crippen LogP contribution in [0, 0.1) is 22.7 Å². The predicted octanol–water partition coefficient (Wildman–Crippen LogP) is 2.18. The molecule has 19 heavy (non-hydrogen) atoms. The first-order valence-corrected chi connectivity index (χ1v) is 5.87. The lowest BCUT2D eigenvalue weighted by atomic mass is 10.1. The molecule has 1 atom stereocenters. The van der Waals surface area contributed by atoms with Gasteiger partial charge in [0.2, 0.25) is 5.91 Å². The number of hydrogen-bond acceptors (Lipinski definition) is 4. The highest BCUT2D eigenvalue weighted by Crippen LogP contribution is 2.15. The molecule has 0 fully saturated rings. The first-order chi connectivity index (χ1) is 9.10. The van der Waals surface area contributed by atoms with Gasteiger partial charge < -0.3 is 10.1 Å². The molecule has 0 saturated carbocycles. The summed E-state index contributed by atoms with van der Waals surface area (Å²) in [4.78, 5) is 11.7. The van der Waals surface area contributed by atoms with Crippen molar-refractivity contribution in [1.29, 1.82) is 10.5 Å². The van der Waals surface area contributed by atoms with Crippen LogP contribution in [0.5, 0.6) is 0 Å². The number of methoxy groups -OCH3 is 1. The molecule has 0 heterocycles. The number of nitriles is 2. The topological polar surface area (TPSA) is 85.9 Å². The number of carbonyl (C=O) groups excluding carboxylic acids is 1. The van der Waals surface area contributed by atoms with Crippen LogP contribution >= 0.6 is 0 Å². The Morgan fingerprint density at radius 2 is 2.05 bits per heavy atom. The molecule has 0 saturated heterocycles. The number of benzene rings is 1. The molecule has 1 amide bonds. The van der Waals surface area contributed by atoms with E-state index in [4.69, 9.17) is 15.3 Å². The Balaban J connectivity index is 2.66. The number of carbonyl (C=O) groups is 1. The number of nitrogens with zero attached hydrogens (tertiary/aromatic N) is 2. The standard InChI is InChI=1S/C14H15N3O2/c1-10(19-2)3-6-14(18)17-13-5-4-11(8-15)12(7-13)9-16/h4-5,7,10H,3,6H2,1-2H3,(H,17,18). The zero-order valence-electron chi connectivity index (χ0n) is 10.9. The molecule has 0 bridgehead atoms. The molecular weight excluding hydrogens is 242 g/mol. The number of rotatable bonds is 5. The van der Waals surface area contributed by atoms with Gasteiger partial charge in [-0.05, 0) is 31.5 Å². The van der Waals surface area contributed by atoms with Gasteiger partial charge in [-0.1, -0.05) is 0 Å². The van der Waals surface area contributed by atoms with E-state index in [1.807, 2.05) is 19.1 Å². The average molecular weight is 257 g/mol. The summed E-state index contributed by atoms with van der Waals surface area (Å²) in [6.45, 7) is 1.89. The molecule has 98 valence electrons. The van der Waals surface area contributed by atoms with Crippen LogP contribution < -0.4 is 5.32 Å². The minimum atomic E-state index is -0.141. The van der Waals surface area contributed by atoms with Crippen LogP contribution in [0.25, 0.3) is 0 Å². The van der Waals surface area contributed by atoms with Gasteiger partial charge in [0.05, 0.1) is 17.2 Å². The Morgan fingerprint density at radius 1 is 1.37 bits per heavy atom. The van der Waals surface area contributed by atoms with Gasteiger partial charge in [-0.2, -0.15) is 10.5 Å². The molecule has 1 N–H and O–H groups in total. The maximum absolute atomic E-state index is 11.7.